The molecular formula is C32H34NO2P. The van der Waals surface area contributed by atoms with Crippen LogP contribution in [0.2, 0.25) is 0 Å². The van der Waals surface area contributed by atoms with Crippen LogP contribution in [-0.4, -0.2) is 13.2 Å². The topological polar surface area (TPSA) is 21.7 Å². The second-order valence-electron chi connectivity index (χ2n) is 9.57. The summed E-state index contributed by atoms with van der Waals surface area (Å²) in [4.78, 5) is 2.34. The smallest absolute Gasteiger partial charge is 0.175 e. The van der Waals surface area contributed by atoms with Crippen molar-refractivity contribution in [2.24, 2.45) is 0 Å². The molecule has 4 heteroatoms. The fourth-order valence-electron chi connectivity index (χ4n) is 5.18. The summed E-state index contributed by atoms with van der Waals surface area (Å²) in [5.74, 6) is 0. The molecule has 0 aromatic heterocycles. The molecule has 184 valence electrons. The number of rotatable bonds is 9. The molecule has 0 N–H and O–H groups in total. The molecule has 4 aromatic carbocycles. The number of hydrogen-bond donors (Lipinski definition) is 0. The van der Waals surface area contributed by atoms with Crippen molar-refractivity contribution in [1.82, 2.24) is 0 Å². The fraction of sp³-hybridized carbons (Fsp3) is 0.250. The monoisotopic (exact) mass is 495 g/mol. The van der Waals surface area contributed by atoms with Crippen LogP contribution in [0.5, 0.6) is 0 Å². The standard InChI is InChI=1S/C32H34NO2P/c1-5-34-36(35-6-2)23-24-17-19-28-29-20-18-27(22-31(29)32(3,4)30(28)21-24)33(25-13-9-7-10-14-25)26-15-11-8-12-16-26/h7-22H,5-6,23H2,1-4H3. The summed E-state index contributed by atoms with van der Waals surface area (Å²) in [5, 5.41) is 0. The molecule has 0 unspecified atom stereocenters. The van der Waals surface area contributed by atoms with Crippen molar-refractivity contribution in [2.45, 2.75) is 39.3 Å². The first kappa shape index (κ1) is 24.7. The van der Waals surface area contributed by atoms with Crippen molar-refractivity contribution in [1.29, 1.82) is 0 Å². The normalized spacial score (nSPS) is 13.5. The Kier molecular flexibility index (Phi) is 7.25. The van der Waals surface area contributed by atoms with Crippen molar-refractivity contribution < 1.29 is 9.05 Å². The van der Waals surface area contributed by atoms with E-state index in [-0.39, 0.29) is 5.41 Å². The van der Waals surface area contributed by atoms with Crippen LogP contribution in [0.1, 0.15) is 44.4 Å². The predicted molar refractivity (Wildman–Crippen MR) is 153 cm³/mol. The van der Waals surface area contributed by atoms with E-state index in [4.69, 9.17) is 9.05 Å². The van der Waals surface area contributed by atoms with Crippen LogP contribution in [0, 0.1) is 0 Å². The Bertz CT molecular complexity index is 1280. The van der Waals surface area contributed by atoms with E-state index in [1.54, 1.807) is 0 Å². The fourth-order valence-corrected chi connectivity index (χ4v) is 6.50. The molecule has 1 aliphatic carbocycles. The first-order valence-electron chi connectivity index (χ1n) is 12.7. The lowest BCUT2D eigenvalue weighted by atomic mass is 9.82. The maximum Gasteiger partial charge on any atom is 0.175 e. The quantitative estimate of drug-likeness (QED) is 0.216. The van der Waals surface area contributed by atoms with E-state index in [1.165, 1.54) is 33.5 Å². The van der Waals surface area contributed by atoms with Crippen molar-refractivity contribution in [3.63, 3.8) is 0 Å². The summed E-state index contributed by atoms with van der Waals surface area (Å²) in [6.07, 6.45) is 0.817. The van der Waals surface area contributed by atoms with Crippen LogP contribution in [0.15, 0.2) is 97.1 Å². The van der Waals surface area contributed by atoms with E-state index in [0.717, 1.165) is 17.5 Å². The highest BCUT2D eigenvalue weighted by Crippen LogP contribution is 2.52. The van der Waals surface area contributed by atoms with E-state index in [1.807, 2.05) is 13.8 Å². The molecule has 5 rings (SSSR count). The van der Waals surface area contributed by atoms with Crippen molar-refractivity contribution in [3.8, 4) is 11.1 Å². The molecule has 0 saturated heterocycles. The predicted octanol–water partition coefficient (Wildman–Crippen LogP) is 9.35. The Morgan fingerprint density at radius 3 is 1.72 bits per heavy atom. The maximum atomic E-state index is 5.88. The summed E-state index contributed by atoms with van der Waals surface area (Å²) in [7, 11) is -0.905. The van der Waals surface area contributed by atoms with Gasteiger partial charge in [-0.15, -0.1) is 0 Å². The summed E-state index contributed by atoms with van der Waals surface area (Å²) in [5.41, 5.74) is 10.0. The Morgan fingerprint density at radius 2 is 1.17 bits per heavy atom. The zero-order valence-corrected chi connectivity index (χ0v) is 22.5. The van der Waals surface area contributed by atoms with Crippen LogP contribution in [0.4, 0.5) is 17.1 Å². The molecule has 0 fully saturated rings. The Labute approximate surface area is 216 Å². The van der Waals surface area contributed by atoms with Crippen LogP contribution >= 0.6 is 8.38 Å². The lowest BCUT2D eigenvalue weighted by molar-refractivity contribution is 0.268. The van der Waals surface area contributed by atoms with E-state index >= 15 is 0 Å². The van der Waals surface area contributed by atoms with Gasteiger partial charge in [-0.05, 0) is 78.1 Å². The molecule has 1 aliphatic rings. The molecule has 4 aromatic rings. The number of fused-ring (bicyclic) bond motifs is 3. The first-order chi connectivity index (χ1) is 17.5. The molecule has 36 heavy (non-hydrogen) atoms. The van der Waals surface area contributed by atoms with Crippen molar-refractivity contribution >= 4 is 25.4 Å². The van der Waals surface area contributed by atoms with Gasteiger partial charge < -0.3 is 13.9 Å². The third-order valence-corrected chi connectivity index (χ3v) is 8.58. The molecule has 0 spiro atoms. The van der Waals surface area contributed by atoms with E-state index < -0.39 is 8.38 Å². The van der Waals surface area contributed by atoms with Gasteiger partial charge in [0.05, 0.1) is 13.2 Å². The van der Waals surface area contributed by atoms with Gasteiger partial charge in [-0.25, -0.2) is 0 Å². The Balaban J connectivity index is 1.54. The van der Waals surface area contributed by atoms with Crippen LogP contribution in [0.25, 0.3) is 11.1 Å². The van der Waals surface area contributed by atoms with Gasteiger partial charge >= 0.3 is 0 Å². The number of hydrogen-bond acceptors (Lipinski definition) is 3. The second-order valence-corrected chi connectivity index (χ2v) is 11.1. The van der Waals surface area contributed by atoms with E-state index in [0.29, 0.717) is 13.2 Å². The molecule has 0 heterocycles. The molecule has 0 amide bonds. The van der Waals surface area contributed by atoms with Gasteiger partial charge in [0.1, 0.15) is 0 Å². The minimum atomic E-state index is -0.905. The zero-order chi connectivity index (χ0) is 25.1. The van der Waals surface area contributed by atoms with Gasteiger partial charge in [0.25, 0.3) is 0 Å². The third kappa shape index (κ3) is 4.72. The van der Waals surface area contributed by atoms with Gasteiger partial charge in [-0.2, -0.15) is 0 Å². The lowest BCUT2D eigenvalue weighted by Gasteiger charge is -2.28. The minimum absolute atomic E-state index is 0.101. The summed E-state index contributed by atoms with van der Waals surface area (Å²) in [6.45, 7) is 10.1. The van der Waals surface area contributed by atoms with Gasteiger partial charge in [-0.3, -0.25) is 0 Å². The number of anilines is 3. The molecule has 0 bridgehead atoms. The largest absolute Gasteiger partial charge is 0.334 e. The maximum absolute atomic E-state index is 5.88. The Hall–Kier alpha value is -2.97. The number of benzene rings is 4. The average molecular weight is 496 g/mol. The second kappa shape index (κ2) is 10.6. The zero-order valence-electron chi connectivity index (χ0n) is 21.6. The molecule has 0 aliphatic heterocycles. The van der Waals surface area contributed by atoms with Crippen molar-refractivity contribution in [3.05, 3.63) is 114 Å². The van der Waals surface area contributed by atoms with Crippen LogP contribution in [0.3, 0.4) is 0 Å². The summed E-state index contributed by atoms with van der Waals surface area (Å²) < 4.78 is 11.8. The van der Waals surface area contributed by atoms with Gasteiger partial charge in [-0.1, -0.05) is 74.5 Å². The average Bonchev–Trinajstić information content (AvgIpc) is 3.12. The Morgan fingerprint density at radius 1 is 0.639 bits per heavy atom. The number of para-hydroxylation sites is 2. The first-order valence-corrected chi connectivity index (χ1v) is 14.1. The molecule has 0 saturated carbocycles. The minimum Gasteiger partial charge on any atom is -0.334 e. The molecule has 3 nitrogen and oxygen atoms in total. The highest BCUT2D eigenvalue weighted by atomic mass is 31.2. The lowest BCUT2D eigenvalue weighted by Crippen LogP contribution is -2.17. The third-order valence-electron chi connectivity index (χ3n) is 6.87. The molecule has 0 atom stereocenters. The summed E-state index contributed by atoms with van der Waals surface area (Å²) >= 11 is 0. The number of nitrogens with zero attached hydrogens (tertiary/aromatic N) is 1. The highest BCUT2D eigenvalue weighted by Gasteiger charge is 2.36. The van der Waals surface area contributed by atoms with Crippen LogP contribution < -0.4 is 4.90 Å². The SMILES string of the molecule is CCOP(Cc1ccc2c(c1)C(C)(C)c1cc(N(c3ccccc3)c3ccccc3)ccc1-2)OCC. The van der Waals surface area contributed by atoms with Gasteiger partial charge in [0.2, 0.25) is 0 Å². The van der Waals surface area contributed by atoms with Crippen molar-refractivity contribution in [2.75, 3.05) is 18.1 Å². The van der Waals surface area contributed by atoms with Gasteiger partial charge in [0.15, 0.2) is 8.38 Å². The summed E-state index contributed by atoms with van der Waals surface area (Å²) in [6, 6.07) is 35.0. The van der Waals surface area contributed by atoms with E-state index in [2.05, 4.69) is 116 Å². The molecular weight excluding hydrogens is 461 g/mol. The van der Waals surface area contributed by atoms with E-state index in [9.17, 15) is 0 Å². The van der Waals surface area contributed by atoms with Crippen LogP contribution in [-0.2, 0) is 20.6 Å². The molecule has 0 radical (unpaired) electrons. The van der Waals surface area contributed by atoms with Gasteiger partial charge in [0, 0.05) is 28.6 Å². The highest BCUT2D eigenvalue weighted by molar-refractivity contribution is 7.46.